The van der Waals surface area contributed by atoms with Gasteiger partial charge in [0.25, 0.3) is 15.9 Å². The SMILES string of the molecule is Cc1ccccc1S(=O)(=O)NC(=O)c1nc(-c2cccs2)oc1C. The largest absolute Gasteiger partial charge is 0.440 e. The minimum atomic E-state index is -3.98. The minimum Gasteiger partial charge on any atom is -0.440 e. The molecule has 0 unspecified atom stereocenters. The quantitative estimate of drug-likeness (QED) is 0.770. The number of nitrogens with zero attached hydrogens (tertiary/aromatic N) is 1. The second-order valence-electron chi connectivity index (χ2n) is 5.10. The third kappa shape index (κ3) is 3.10. The van der Waals surface area contributed by atoms with Gasteiger partial charge in [-0.2, -0.15) is 0 Å². The van der Waals surface area contributed by atoms with E-state index < -0.39 is 15.9 Å². The summed E-state index contributed by atoms with van der Waals surface area (Å²) in [7, 11) is -3.98. The molecular formula is C16H14N2O4S2. The second-order valence-corrected chi connectivity index (χ2v) is 7.70. The van der Waals surface area contributed by atoms with Crippen LogP contribution in [0.3, 0.4) is 0 Å². The molecule has 0 saturated heterocycles. The molecule has 0 aliphatic rings. The molecular weight excluding hydrogens is 348 g/mol. The first kappa shape index (κ1) is 16.4. The summed E-state index contributed by atoms with van der Waals surface area (Å²) in [6, 6.07) is 10.1. The van der Waals surface area contributed by atoms with E-state index in [1.165, 1.54) is 17.4 Å². The molecule has 0 saturated carbocycles. The van der Waals surface area contributed by atoms with Gasteiger partial charge >= 0.3 is 0 Å². The fourth-order valence-electron chi connectivity index (χ4n) is 2.20. The van der Waals surface area contributed by atoms with Crippen LogP contribution in [0.15, 0.2) is 51.1 Å². The highest BCUT2D eigenvalue weighted by Crippen LogP contribution is 2.26. The first-order chi connectivity index (χ1) is 11.4. The lowest BCUT2D eigenvalue weighted by atomic mass is 10.2. The van der Waals surface area contributed by atoms with Crippen LogP contribution in [-0.2, 0) is 10.0 Å². The van der Waals surface area contributed by atoms with Crippen molar-refractivity contribution in [3.8, 4) is 10.8 Å². The number of thiophene rings is 1. The summed E-state index contributed by atoms with van der Waals surface area (Å²) in [6.07, 6.45) is 0. The van der Waals surface area contributed by atoms with Gasteiger partial charge in [0.2, 0.25) is 5.89 Å². The number of nitrogens with one attached hydrogen (secondary N) is 1. The fourth-order valence-corrected chi connectivity index (χ4v) is 4.05. The summed E-state index contributed by atoms with van der Waals surface area (Å²) in [5.41, 5.74) is 0.504. The maximum atomic E-state index is 12.4. The Morgan fingerprint density at radius 1 is 1.17 bits per heavy atom. The average molecular weight is 362 g/mol. The number of benzene rings is 1. The summed E-state index contributed by atoms with van der Waals surface area (Å²) in [4.78, 5) is 17.3. The molecule has 3 rings (SSSR count). The number of rotatable bonds is 4. The molecule has 0 bridgehead atoms. The van der Waals surface area contributed by atoms with E-state index in [-0.39, 0.29) is 16.3 Å². The van der Waals surface area contributed by atoms with E-state index in [0.717, 1.165) is 4.88 Å². The number of aryl methyl sites for hydroxylation is 2. The Kier molecular flexibility index (Phi) is 4.25. The van der Waals surface area contributed by atoms with Crippen LogP contribution in [0.2, 0.25) is 0 Å². The number of carbonyl (C=O) groups excluding carboxylic acids is 1. The van der Waals surface area contributed by atoms with Crippen molar-refractivity contribution >= 4 is 27.3 Å². The summed E-state index contributed by atoms with van der Waals surface area (Å²) in [5.74, 6) is -0.265. The molecule has 2 heterocycles. The van der Waals surface area contributed by atoms with Crippen molar-refractivity contribution < 1.29 is 17.6 Å². The van der Waals surface area contributed by atoms with Crippen LogP contribution in [0.5, 0.6) is 0 Å². The van der Waals surface area contributed by atoms with Gasteiger partial charge in [-0.15, -0.1) is 11.3 Å². The molecule has 0 spiro atoms. The molecule has 1 amide bonds. The number of oxazole rings is 1. The molecule has 0 aliphatic carbocycles. The molecule has 3 aromatic rings. The van der Waals surface area contributed by atoms with Gasteiger partial charge in [0.15, 0.2) is 5.69 Å². The van der Waals surface area contributed by atoms with E-state index in [0.29, 0.717) is 11.5 Å². The molecule has 6 nitrogen and oxygen atoms in total. The van der Waals surface area contributed by atoms with Gasteiger partial charge in [-0.25, -0.2) is 18.1 Å². The van der Waals surface area contributed by atoms with Crippen LogP contribution in [0, 0.1) is 13.8 Å². The van der Waals surface area contributed by atoms with E-state index in [4.69, 9.17) is 4.42 Å². The summed E-state index contributed by atoms with van der Waals surface area (Å²) >= 11 is 1.42. The molecule has 2 aromatic heterocycles. The molecule has 1 N–H and O–H groups in total. The highest BCUT2D eigenvalue weighted by molar-refractivity contribution is 7.90. The molecule has 24 heavy (non-hydrogen) atoms. The first-order valence-electron chi connectivity index (χ1n) is 7.02. The summed E-state index contributed by atoms with van der Waals surface area (Å²) < 4.78 is 32.3. The van der Waals surface area contributed by atoms with E-state index in [1.54, 1.807) is 32.0 Å². The Balaban J connectivity index is 1.89. The Bertz CT molecular complexity index is 989. The Morgan fingerprint density at radius 3 is 2.58 bits per heavy atom. The maximum Gasteiger partial charge on any atom is 0.287 e. The lowest BCUT2D eigenvalue weighted by Gasteiger charge is -2.08. The molecule has 1 aromatic carbocycles. The highest BCUT2D eigenvalue weighted by Gasteiger charge is 2.25. The van der Waals surface area contributed by atoms with E-state index in [9.17, 15) is 13.2 Å². The van der Waals surface area contributed by atoms with Crippen molar-refractivity contribution in [2.24, 2.45) is 0 Å². The van der Waals surface area contributed by atoms with Crippen LogP contribution >= 0.6 is 11.3 Å². The third-order valence-electron chi connectivity index (χ3n) is 3.35. The van der Waals surface area contributed by atoms with Gasteiger partial charge in [-0.05, 0) is 36.9 Å². The second kappa shape index (κ2) is 6.21. The fraction of sp³-hybridized carbons (Fsp3) is 0.125. The number of carbonyl (C=O) groups is 1. The average Bonchev–Trinajstić information content (AvgIpc) is 3.16. The molecule has 0 atom stereocenters. The third-order valence-corrected chi connectivity index (χ3v) is 5.70. The van der Waals surface area contributed by atoms with E-state index >= 15 is 0 Å². The summed E-state index contributed by atoms with van der Waals surface area (Å²) in [5, 5.41) is 1.86. The Hall–Kier alpha value is -2.45. The van der Waals surface area contributed by atoms with Crippen LogP contribution in [0.1, 0.15) is 21.8 Å². The maximum absolute atomic E-state index is 12.4. The number of hydrogen-bond acceptors (Lipinski definition) is 6. The van der Waals surface area contributed by atoms with Crippen molar-refractivity contribution in [1.29, 1.82) is 0 Å². The van der Waals surface area contributed by atoms with Gasteiger partial charge < -0.3 is 4.42 Å². The van der Waals surface area contributed by atoms with Crippen LogP contribution in [0.4, 0.5) is 0 Å². The normalized spacial score (nSPS) is 11.4. The van der Waals surface area contributed by atoms with Crippen molar-refractivity contribution in [2.45, 2.75) is 18.7 Å². The van der Waals surface area contributed by atoms with E-state index in [2.05, 4.69) is 4.98 Å². The molecule has 0 aliphatic heterocycles. The number of amides is 1. The Morgan fingerprint density at radius 2 is 1.92 bits per heavy atom. The van der Waals surface area contributed by atoms with Crippen molar-refractivity contribution in [3.63, 3.8) is 0 Å². The van der Waals surface area contributed by atoms with Gasteiger partial charge in [0, 0.05) is 0 Å². The van der Waals surface area contributed by atoms with Crippen LogP contribution < -0.4 is 4.72 Å². The molecule has 0 fully saturated rings. The first-order valence-corrected chi connectivity index (χ1v) is 9.39. The van der Waals surface area contributed by atoms with Gasteiger partial charge in [-0.3, -0.25) is 4.79 Å². The topological polar surface area (TPSA) is 89.3 Å². The molecule has 124 valence electrons. The summed E-state index contributed by atoms with van der Waals surface area (Å²) in [6.45, 7) is 3.23. The number of aromatic nitrogens is 1. The highest BCUT2D eigenvalue weighted by atomic mass is 32.2. The zero-order chi connectivity index (χ0) is 17.3. The van der Waals surface area contributed by atoms with Crippen molar-refractivity contribution in [2.75, 3.05) is 0 Å². The van der Waals surface area contributed by atoms with Crippen molar-refractivity contribution in [3.05, 3.63) is 58.8 Å². The van der Waals surface area contributed by atoms with E-state index in [1.807, 2.05) is 22.2 Å². The standard InChI is InChI=1S/C16H14N2O4S2/c1-10-6-3-4-8-13(10)24(20,21)18-15(19)14-11(2)22-16(17-14)12-7-5-9-23-12/h3-9H,1-2H3,(H,18,19). The lowest BCUT2D eigenvalue weighted by Crippen LogP contribution is -2.31. The van der Waals surface area contributed by atoms with Crippen LogP contribution in [-0.4, -0.2) is 19.3 Å². The number of sulfonamides is 1. The van der Waals surface area contributed by atoms with Crippen molar-refractivity contribution in [1.82, 2.24) is 9.71 Å². The number of hydrogen-bond donors (Lipinski definition) is 1. The minimum absolute atomic E-state index is 0.0458. The predicted molar refractivity (Wildman–Crippen MR) is 90.4 cm³/mol. The lowest BCUT2D eigenvalue weighted by molar-refractivity contribution is 0.0975. The predicted octanol–water partition coefficient (Wildman–Crippen LogP) is 3.14. The molecule has 8 heteroatoms. The Labute approximate surface area is 143 Å². The van der Waals surface area contributed by atoms with Crippen LogP contribution in [0.25, 0.3) is 10.8 Å². The van der Waals surface area contributed by atoms with Gasteiger partial charge in [-0.1, -0.05) is 24.3 Å². The smallest absolute Gasteiger partial charge is 0.287 e. The monoisotopic (exact) mass is 362 g/mol. The zero-order valence-electron chi connectivity index (χ0n) is 12.9. The van der Waals surface area contributed by atoms with Gasteiger partial charge in [0.05, 0.1) is 9.77 Å². The van der Waals surface area contributed by atoms with Gasteiger partial charge in [0.1, 0.15) is 5.76 Å². The molecule has 0 radical (unpaired) electrons. The zero-order valence-corrected chi connectivity index (χ0v) is 14.6.